The number of fused-ring (bicyclic) bond motifs is 1. The third-order valence-corrected chi connectivity index (χ3v) is 4.97. The van der Waals surface area contributed by atoms with E-state index in [0.717, 1.165) is 16.7 Å². The Morgan fingerprint density at radius 2 is 1.91 bits per heavy atom. The number of nitro groups is 1. The number of nitrogens with zero attached hydrogens (tertiary/aromatic N) is 5. The number of halogens is 3. The molecular weight excluding hydrogens is 443 g/mol. The molecule has 0 fully saturated rings. The van der Waals surface area contributed by atoms with Gasteiger partial charge in [0.05, 0.1) is 29.6 Å². The molecule has 0 atom stereocenters. The van der Waals surface area contributed by atoms with E-state index in [0.29, 0.717) is 11.0 Å². The first-order valence-electron chi connectivity index (χ1n) is 9.61. The average molecular weight is 459 g/mol. The van der Waals surface area contributed by atoms with E-state index < -0.39 is 35.1 Å². The lowest BCUT2D eigenvalue weighted by Crippen LogP contribution is -2.26. The second-order valence-electron chi connectivity index (χ2n) is 6.99. The highest BCUT2D eigenvalue weighted by molar-refractivity contribution is 5.77. The van der Waals surface area contributed by atoms with Crippen LogP contribution in [0.2, 0.25) is 0 Å². The van der Waals surface area contributed by atoms with Gasteiger partial charge in [0, 0.05) is 30.3 Å². The summed E-state index contributed by atoms with van der Waals surface area (Å²) in [7, 11) is 1.29. The minimum absolute atomic E-state index is 0.0669. The van der Waals surface area contributed by atoms with Gasteiger partial charge in [-0.1, -0.05) is 12.1 Å². The van der Waals surface area contributed by atoms with E-state index in [4.69, 9.17) is 4.74 Å². The van der Waals surface area contributed by atoms with Crippen LogP contribution in [0.1, 0.15) is 11.4 Å². The molecule has 4 aromatic rings. The van der Waals surface area contributed by atoms with Crippen molar-refractivity contribution >= 4 is 16.7 Å². The number of alkyl halides is 2. The number of hydrogen-bond acceptors (Lipinski definition) is 6. The first-order valence-corrected chi connectivity index (χ1v) is 9.61. The number of hydrogen-bond donors (Lipinski definition) is 0. The molecule has 0 N–H and O–H groups in total. The highest BCUT2D eigenvalue weighted by Gasteiger charge is 2.21. The second-order valence-corrected chi connectivity index (χ2v) is 6.99. The molecule has 2 aromatic heterocycles. The molecule has 4 rings (SSSR count). The maximum Gasteiger partial charge on any atom is 0.335 e. The van der Waals surface area contributed by atoms with Crippen molar-refractivity contribution in [3.63, 3.8) is 0 Å². The number of para-hydroxylation sites is 2. The number of rotatable bonds is 7. The molecule has 0 saturated carbocycles. The fourth-order valence-electron chi connectivity index (χ4n) is 3.57. The Kier molecular flexibility index (Phi) is 5.82. The molecule has 0 aliphatic rings. The van der Waals surface area contributed by atoms with Crippen molar-refractivity contribution in [2.45, 2.75) is 19.4 Å². The van der Waals surface area contributed by atoms with Crippen molar-refractivity contribution in [3.8, 4) is 11.6 Å². The zero-order valence-electron chi connectivity index (χ0n) is 17.1. The van der Waals surface area contributed by atoms with Crippen LogP contribution in [0.5, 0.6) is 5.75 Å². The Hall–Kier alpha value is -4.22. The highest BCUT2D eigenvalue weighted by atomic mass is 19.3. The normalized spacial score (nSPS) is 11.3. The first kappa shape index (κ1) is 22.0. The van der Waals surface area contributed by atoms with E-state index >= 15 is 0 Å². The Labute approximate surface area is 183 Å². The summed E-state index contributed by atoms with van der Waals surface area (Å²) in [5.41, 5.74) is -0.471. The van der Waals surface area contributed by atoms with E-state index in [1.165, 1.54) is 23.9 Å². The summed E-state index contributed by atoms with van der Waals surface area (Å²) in [6, 6.07) is 9.83. The van der Waals surface area contributed by atoms with Crippen molar-refractivity contribution < 1.29 is 22.8 Å². The van der Waals surface area contributed by atoms with Crippen molar-refractivity contribution in [2.75, 3.05) is 7.11 Å². The Balaban J connectivity index is 1.80. The number of nitro benzene ring substituents is 1. The molecule has 12 heteroatoms. The van der Waals surface area contributed by atoms with E-state index in [2.05, 4.69) is 9.97 Å². The summed E-state index contributed by atoms with van der Waals surface area (Å²) in [5.74, 6) is -0.694. The zero-order valence-corrected chi connectivity index (χ0v) is 17.1. The quantitative estimate of drug-likeness (QED) is 0.310. The van der Waals surface area contributed by atoms with Gasteiger partial charge in [-0.2, -0.15) is 4.39 Å². The van der Waals surface area contributed by atoms with Crippen LogP contribution in [0.15, 0.2) is 53.5 Å². The molecule has 0 bridgehead atoms. The molecule has 0 radical (unpaired) electrons. The summed E-state index contributed by atoms with van der Waals surface area (Å²) in [6.07, 6.45) is -1.43. The third-order valence-electron chi connectivity index (χ3n) is 4.97. The SMILES string of the molecule is COc1cc(F)c([N+](=O)[O-])cc1Cc1nccc(-n2c(=O)n(CC(F)F)c3ccccc32)n1. The summed E-state index contributed by atoms with van der Waals surface area (Å²) in [6.45, 7) is -0.777. The second kappa shape index (κ2) is 8.73. The molecule has 0 aliphatic heterocycles. The predicted molar refractivity (Wildman–Crippen MR) is 112 cm³/mol. The third kappa shape index (κ3) is 4.14. The van der Waals surface area contributed by atoms with Gasteiger partial charge >= 0.3 is 11.4 Å². The fourth-order valence-corrected chi connectivity index (χ4v) is 3.57. The van der Waals surface area contributed by atoms with Crippen LogP contribution in [0.4, 0.5) is 18.9 Å². The lowest BCUT2D eigenvalue weighted by Gasteiger charge is -2.09. The van der Waals surface area contributed by atoms with Gasteiger partial charge in [0.15, 0.2) is 0 Å². The molecule has 0 aliphatic carbocycles. The average Bonchev–Trinajstić information content (AvgIpc) is 3.05. The van der Waals surface area contributed by atoms with Gasteiger partial charge in [-0.3, -0.25) is 14.7 Å². The predicted octanol–water partition coefficient (Wildman–Crippen LogP) is 3.49. The monoisotopic (exact) mass is 459 g/mol. The maximum absolute atomic E-state index is 13.9. The molecule has 2 heterocycles. The molecule has 0 spiro atoms. The summed E-state index contributed by atoms with van der Waals surface area (Å²) in [5, 5.41) is 11.1. The largest absolute Gasteiger partial charge is 0.496 e. The molecule has 9 nitrogen and oxygen atoms in total. The molecule has 33 heavy (non-hydrogen) atoms. The van der Waals surface area contributed by atoms with Crippen molar-refractivity contribution in [3.05, 3.63) is 86.5 Å². The first-order chi connectivity index (χ1) is 15.8. The van der Waals surface area contributed by atoms with Gasteiger partial charge in [0.1, 0.15) is 17.4 Å². The Bertz CT molecular complexity index is 1420. The van der Waals surface area contributed by atoms with Gasteiger partial charge in [-0.25, -0.2) is 28.1 Å². The minimum Gasteiger partial charge on any atom is -0.496 e. The van der Waals surface area contributed by atoms with Gasteiger partial charge in [-0.05, 0) is 18.2 Å². The van der Waals surface area contributed by atoms with Crippen molar-refractivity contribution in [2.24, 2.45) is 0 Å². The molecule has 0 saturated heterocycles. The molecule has 2 aromatic carbocycles. The van der Waals surface area contributed by atoms with Crippen molar-refractivity contribution in [1.29, 1.82) is 0 Å². The van der Waals surface area contributed by atoms with Crippen LogP contribution >= 0.6 is 0 Å². The van der Waals surface area contributed by atoms with Crippen molar-refractivity contribution in [1.82, 2.24) is 19.1 Å². The smallest absolute Gasteiger partial charge is 0.335 e. The number of benzene rings is 2. The summed E-state index contributed by atoms with van der Waals surface area (Å²) >= 11 is 0. The van der Waals surface area contributed by atoms with Gasteiger partial charge in [-0.15, -0.1) is 0 Å². The van der Waals surface area contributed by atoms with E-state index in [-0.39, 0.29) is 29.4 Å². The number of methoxy groups -OCH3 is 1. The summed E-state index contributed by atoms with van der Waals surface area (Å²) < 4.78 is 47.3. The molecular formula is C21H16F3N5O4. The van der Waals surface area contributed by atoms with Crippen LogP contribution in [-0.2, 0) is 13.0 Å². The summed E-state index contributed by atoms with van der Waals surface area (Å²) in [4.78, 5) is 31.7. The van der Waals surface area contributed by atoms with E-state index in [1.807, 2.05) is 0 Å². The number of imidazole rings is 1. The standard InChI is InChI=1S/C21H16F3N5O4/c1-33-17-10-13(22)16(29(31)32)8-12(17)9-19-25-7-6-20(26-19)28-15-5-3-2-4-14(15)27(21(28)30)11-18(23)24/h2-8,10,18H,9,11H2,1H3. The lowest BCUT2D eigenvalue weighted by atomic mass is 10.1. The van der Waals surface area contributed by atoms with Gasteiger partial charge in [0.2, 0.25) is 5.82 Å². The van der Waals surface area contributed by atoms with Crippen LogP contribution in [0, 0.1) is 15.9 Å². The fraction of sp³-hybridized carbons (Fsp3) is 0.190. The van der Waals surface area contributed by atoms with E-state index in [9.17, 15) is 28.1 Å². The van der Waals surface area contributed by atoms with Gasteiger partial charge < -0.3 is 4.74 Å². The van der Waals surface area contributed by atoms with Crippen LogP contribution < -0.4 is 10.4 Å². The minimum atomic E-state index is -2.73. The Morgan fingerprint density at radius 1 is 1.18 bits per heavy atom. The lowest BCUT2D eigenvalue weighted by molar-refractivity contribution is -0.387. The topological polar surface area (TPSA) is 105 Å². The van der Waals surface area contributed by atoms with Crippen LogP contribution in [0.25, 0.3) is 16.9 Å². The number of ether oxygens (including phenoxy) is 1. The molecule has 0 amide bonds. The van der Waals surface area contributed by atoms with Gasteiger partial charge in [0.25, 0.3) is 6.43 Å². The zero-order chi connectivity index (χ0) is 23.7. The highest BCUT2D eigenvalue weighted by Crippen LogP contribution is 2.29. The maximum atomic E-state index is 13.9. The van der Waals surface area contributed by atoms with E-state index in [1.54, 1.807) is 24.3 Å². The molecule has 170 valence electrons. The van der Waals surface area contributed by atoms with Crippen LogP contribution in [0.3, 0.4) is 0 Å². The molecule has 0 unspecified atom stereocenters. The Morgan fingerprint density at radius 3 is 2.58 bits per heavy atom. The van der Waals surface area contributed by atoms with Crippen LogP contribution in [-0.4, -0.2) is 37.6 Å². The number of aromatic nitrogens is 4.